The molecular formula is C14H18ClN. The molecule has 0 aliphatic rings. The van der Waals surface area contributed by atoms with Gasteiger partial charge in [0.2, 0.25) is 0 Å². The van der Waals surface area contributed by atoms with E-state index in [1.54, 1.807) is 0 Å². The van der Waals surface area contributed by atoms with E-state index >= 15 is 0 Å². The third-order valence-corrected chi connectivity index (χ3v) is 2.47. The van der Waals surface area contributed by atoms with E-state index < -0.39 is 0 Å². The van der Waals surface area contributed by atoms with Gasteiger partial charge in [0, 0.05) is 5.56 Å². The largest absolute Gasteiger partial charge is 1.00 e. The predicted molar refractivity (Wildman–Crippen MR) is 65.7 cm³/mol. The van der Waals surface area contributed by atoms with Gasteiger partial charge in [-0.15, -0.1) is 0 Å². The Morgan fingerprint density at radius 2 is 1.50 bits per heavy atom. The second-order valence-electron chi connectivity index (χ2n) is 5.13. The summed E-state index contributed by atoms with van der Waals surface area (Å²) in [6, 6.07) is 15.2. The van der Waals surface area contributed by atoms with Gasteiger partial charge in [0.25, 0.3) is 0 Å². The van der Waals surface area contributed by atoms with Crippen molar-refractivity contribution >= 4 is 10.8 Å². The molecule has 0 atom stereocenters. The molecule has 0 fully saturated rings. The fraction of sp³-hybridized carbons (Fsp3) is 0.286. The topological polar surface area (TPSA) is 0 Å². The summed E-state index contributed by atoms with van der Waals surface area (Å²) in [5.41, 5.74) is 1.40. The molecule has 0 unspecified atom stereocenters. The lowest BCUT2D eigenvalue weighted by atomic mass is 10.1. The van der Waals surface area contributed by atoms with Crippen LogP contribution in [0.3, 0.4) is 0 Å². The molecule has 0 aliphatic carbocycles. The Morgan fingerprint density at radius 1 is 0.875 bits per heavy atom. The monoisotopic (exact) mass is 235 g/mol. The fourth-order valence-corrected chi connectivity index (χ4v) is 1.88. The highest BCUT2D eigenvalue weighted by Crippen LogP contribution is 2.17. The minimum absolute atomic E-state index is 0. The molecule has 86 valence electrons. The van der Waals surface area contributed by atoms with E-state index in [1.807, 2.05) is 0 Å². The lowest BCUT2D eigenvalue weighted by Gasteiger charge is -2.24. The lowest BCUT2D eigenvalue weighted by Crippen LogP contribution is -3.00. The van der Waals surface area contributed by atoms with Crippen LogP contribution in [-0.2, 0) is 6.54 Å². The number of hydrogen-bond donors (Lipinski definition) is 0. The van der Waals surface area contributed by atoms with Crippen LogP contribution in [-0.4, -0.2) is 25.6 Å². The Labute approximate surface area is 104 Å². The third kappa shape index (κ3) is 3.22. The first kappa shape index (κ1) is 13.0. The van der Waals surface area contributed by atoms with Crippen molar-refractivity contribution in [1.82, 2.24) is 0 Å². The van der Waals surface area contributed by atoms with Crippen LogP contribution in [0.15, 0.2) is 42.5 Å². The molecular weight excluding hydrogens is 218 g/mol. The summed E-state index contributed by atoms with van der Waals surface area (Å²) >= 11 is 0. The van der Waals surface area contributed by atoms with Crippen molar-refractivity contribution in [2.24, 2.45) is 0 Å². The lowest BCUT2D eigenvalue weighted by molar-refractivity contribution is -0.883. The van der Waals surface area contributed by atoms with Crippen LogP contribution in [0.2, 0.25) is 0 Å². The first-order chi connectivity index (χ1) is 7.04. The number of quaternary nitrogens is 1. The number of fused-ring (bicyclic) bond motifs is 1. The van der Waals surface area contributed by atoms with E-state index in [2.05, 4.69) is 63.6 Å². The van der Waals surface area contributed by atoms with Crippen molar-refractivity contribution in [3.05, 3.63) is 48.0 Å². The molecule has 2 aromatic rings. The van der Waals surface area contributed by atoms with E-state index in [-0.39, 0.29) is 12.4 Å². The summed E-state index contributed by atoms with van der Waals surface area (Å²) in [5.74, 6) is 0. The second-order valence-corrected chi connectivity index (χ2v) is 5.13. The molecule has 0 spiro atoms. The molecule has 0 aliphatic heterocycles. The smallest absolute Gasteiger partial charge is 0.104 e. The molecule has 0 N–H and O–H groups in total. The van der Waals surface area contributed by atoms with Crippen LogP contribution in [0.5, 0.6) is 0 Å². The molecule has 0 heterocycles. The summed E-state index contributed by atoms with van der Waals surface area (Å²) in [4.78, 5) is 0. The number of benzene rings is 2. The summed E-state index contributed by atoms with van der Waals surface area (Å²) in [7, 11) is 6.65. The minimum Gasteiger partial charge on any atom is -1.00 e. The average molecular weight is 236 g/mol. The third-order valence-electron chi connectivity index (χ3n) is 2.47. The summed E-state index contributed by atoms with van der Waals surface area (Å²) in [5, 5.41) is 2.66. The van der Waals surface area contributed by atoms with Crippen LogP contribution in [0.4, 0.5) is 0 Å². The SMILES string of the molecule is C[N+](C)(C)Cc1ccc2ccccc2c1.[Cl-]. The average Bonchev–Trinajstić information content (AvgIpc) is 2.15. The van der Waals surface area contributed by atoms with Gasteiger partial charge in [-0.05, 0) is 16.8 Å². The normalized spacial score (nSPS) is 11.2. The molecule has 0 saturated heterocycles. The van der Waals surface area contributed by atoms with E-state index in [0.29, 0.717) is 0 Å². The maximum absolute atomic E-state index is 2.29. The first-order valence-electron chi connectivity index (χ1n) is 5.33. The molecule has 2 rings (SSSR count). The fourth-order valence-electron chi connectivity index (χ4n) is 1.88. The summed E-state index contributed by atoms with van der Waals surface area (Å²) in [6.45, 7) is 1.07. The van der Waals surface area contributed by atoms with Gasteiger partial charge in [-0.1, -0.05) is 36.4 Å². The Morgan fingerprint density at radius 3 is 2.12 bits per heavy atom. The summed E-state index contributed by atoms with van der Waals surface area (Å²) in [6.07, 6.45) is 0. The van der Waals surface area contributed by atoms with Gasteiger partial charge in [0.15, 0.2) is 0 Å². The van der Waals surface area contributed by atoms with Crippen molar-refractivity contribution < 1.29 is 16.9 Å². The molecule has 0 radical (unpaired) electrons. The van der Waals surface area contributed by atoms with Gasteiger partial charge in [0.1, 0.15) is 6.54 Å². The molecule has 0 aromatic heterocycles. The van der Waals surface area contributed by atoms with Crippen LogP contribution in [0, 0.1) is 0 Å². The first-order valence-corrected chi connectivity index (χ1v) is 5.33. The van der Waals surface area contributed by atoms with Crippen LogP contribution in [0.1, 0.15) is 5.56 Å². The standard InChI is InChI=1S/C14H18N.ClH/c1-15(2,3)11-12-8-9-13-6-4-5-7-14(13)10-12;/h4-10H,11H2,1-3H3;1H/q+1;/p-1. The Balaban J connectivity index is 0.00000128. The Kier molecular flexibility index (Phi) is 3.95. The zero-order chi connectivity index (χ0) is 10.9. The van der Waals surface area contributed by atoms with E-state index in [0.717, 1.165) is 11.0 Å². The molecule has 0 bridgehead atoms. The van der Waals surface area contributed by atoms with E-state index in [9.17, 15) is 0 Å². The second kappa shape index (κ2) is 4.86. The molecule has 0 amide bonds. The Bertz CT molecular complexity index is 471. The summed E-state index contributed by atoms with van der Waals surface area (Å²) < 4.78 is 0.971. The molecule has 16 heavy (non-hydrogen) atoms. The van der Waals surface area contributed by atoms with Gasteiger partial charge in [0.05, 0.1) is 21.1 Å². The van der Waals surface area contributed by atoms with Gasteiger partial charge in [-0.3, -0.25) is 0 Å². The van der Waals surface area contributed by atoms with E-state index in [4.69, 9.17) is 0 Å². The molecule has 1 nitrogen and oxygen atoms in total. The van der Waals surface area contributed by atoms with Crippen LogP contribution >= 0.6 is 0 Å². The van der Waals surface area contributed by atoms with Gasteiger partial charge in [-0.2, -0.15) is 0 Å². The highest BCUT2D eigenvalue weighted by molar-refractivity contribution is 5.82. The molecule has 0 saturated carbocycles. The highest BCUT2D eigenvalue weighted by atomic mass is 35.5. The number of hydrogen-bond acceptors (Lipinski definition) is 0. The van der Waals surface area contributed by atoms with Crippen molar-refractivity contribution in [3.8, 4) is 0 Å². The van der Waals surface area contributed by atoms with Crippen LogP contribution < -0.4 is 12.4 Å². The van der Waals surface area contributed by atoms with E-state index in [1.165, 1.54) is 16.3 Å². The zero-order valence-electron chi connectivity index (χ0n) is 10.1. The van der Waals surface area contributed by atoms with Crippen molar-refractivity contribution in [2.45, 2.75) is 6.54 Å². The highest BCUT2D eigenvalue weighted by Gasteiger charge is 2.08. The van der Waals surface area contributed by atoms with Gasteiger partial charge < -0.3 is 16.9 Å². The zero-order valence-corrected chi connectivity index (χ0v) is 10.8. The quantitative estimate of drug-likeness (QED) is 0.646. The molecule has 2 aromatic carbocycles. The van der Waals surface area contributed by atoms with Crippen LogP contribution in [0.25, 0.3) is 10.8 Å². The number of nitrogens with zero attached hydrogens (tertiary/aromatic N) is 1. The maximum Gasteiger partial charge on any atom is 0.104 e. The van der Waals surface area contributed by atoms with Gasteiger partial charge >= 0.3 is 0 Å². The van der Waals surface area contributed by atoms with Crippen molar-refractivity contribution in [1.29, 1.82) is 0 Å². The van der Waals surface area contributed by atoms with Gasteiger partial charge in [-0.25, -0.2) is 0 Å². The molecule has 2 heteroatoms. The number of rotatable bonds is 2. The minimum atomic E-state index is 0. The predicted octanol–water partition coefficient (Wildman–Crippen LogP) is 0.0500. The Hall–Kier alpha value is -1.05. The van der Waals surface area contributed by atoms with Crippen molar-refractivity contribution in [3.63, 3.8) is 0 Å². The maximum atomic E-state index is 2.29. The number of halogens is 1. The van der Waals surface area contributed by atoms with Crippen molar-refractivity contribution in [2.75, 3.05) is 21.1 Å².